The van der Waals surface area contributed by atoms with Crippen molar-refractivity contribution in [3.05, 3.63) is 0 Å². The van der Waals surface area contributed by atoms with Gasteiger partial charge in [-0.05, 0) is 58.0 Å². The summed E-state index contributed by atoms with van der Waals surface area (Å²) in [4.78, 5) is 14.0. The van der Waals surface area contributed by atoms with Crippen molar-refractivity contribution in [1.82, 2.24) is 4.90 Å². The van der Waals surface area contributed by atoms with E-state index in [-0.39, 0.29) is 5.97 Å². The molecule has 0 aromatic heterocycles. The third kappa shape index (κ3) is 3.25. The normalized spacial score (nSPS) is 25.2. The lowest BCUT2D eigenvalue weighted by molar-refractivity contribution is -0.144. The molecule has 0 bridgehead atoms. The quantitative estimate of drug-likeness (QED) is 0.721. The second kappa shape index (κ2) is 6.05. The Kier molecular flexibility index (Phi) is 4.66. The third-order valence-corrected chi connectivity index (χ3v) is 4.91. The summed E-state index contributed by atoms with van der Waals surface area (Å²) in [5.41, 5.74) is 0.667. The van der Waals surface area contributed by atoms with E-state index in [1.54, 1.807) is 0 Å². The molecule has 1 spiro atoms. The van der Waals surface area contributed by atoms with E-state index in [0.29, 0.717) is 24.5 Å². The van der Waals surface area contributed by atoms with Crippen molar-refractivity contribution in [1.29, 1.82) is 0 Å². The minimum absolute atomic E-state index is 0.0499. The summed E-state index contributed by atoms with van der Waals surface area (Å²) in [6.45, 7) is 6.85. The number of esters is 1. The molecule has 18 heavy (non-hydrogen) atoms. The van der Waals surface area contributed by atoms with Crippen molar-refractivity contribution >= 4 is 5.97 Å². The van der Waals surface area contributed by atoms with Crippen molar-refractivity contribution in [3.63, 3.8) is 0 Å². The van der Waals surface area contributed by atoms with Crippen molar-refractivity contribution in [2.75, 3.05) is 19.7 Å². The van der Waals surface area contributed by atoms with Gasteiger partial charge in [0.2, 0.25) is 0 Å². The number of ether oxygens (including phenoxy) is 1. The van der Waals surface area contributed by atoms with Gasteiger partial charge in [-0.3, -0.25) is 4.79 Å². The van der Waals surface area contributed by atoms with Crippen molar-refractivity contribution in [2.24, 2.45) is 5.41 Å². The zero-order valence-electron chi connectivity index (χ0n) is 11.9. The van der Waals surface area contributed by atoms with Gasteiger partial charge in [0.25, 0.3) is 0 Å². The highest BCUT2D eigenvalue weighted by molar-refractivity contribution is 5.70. The van der Waals surface area contributed by atoms with E-state index < -0.39 is 0 Å². The zero-order chi connectivity index (χ0) is 13.0. The summed E-state index contributed by atoms with van der Waals surface area (Å²) in [7, 11) is 0. The second-order valence-electron chi connectivity index (χ2n) is 6.10. The predicted molar refractivity (Wildman–Crippen MR) is 72.4 cm³/mol. The summed E-state index contributed by atoms with van der Waals surface area (Å²) < 4.78 is 5.03. The molecule has 2 aliphatic rings. The van der Waals surface area contributed by atoms with Gasteiger partial charge in [0.05, 0.1) is 13.0 Å². The minimum Gasteiger partial charge on any atom is -0.466 e. The molecule has 0 radical (unpaired) electrons. The lowest BCUT2D eigenvalue weighted by atomic mass is 9.77. The summed E-state index contributed by atoms with van der Waals surface area (Å²) >= 11 is 0. The summed E-state index contributed by atoms with van der Waals surface area (Å²) in [6.07, 6.45) is 8.94. The first-order valence-electron chi connectivity index (χ1n) is 7.55. The molecule has 2 fully saturated rings. The highest BCUT2D eigenvalue weighted by Crippen LogP contribution is 2.46. The Morgan fingerprint density at radius 1 is 1.22 bits per heavy atom. The Labute approximate surface area is 111 Å². The lowest BCUT2D eigenvalue weighted by Crippen LogP contribution is -2.44. The molecule has 1 aliphatic carbocycles. The summed E-state index contributed by atoms with van der Waals surface area (Å²) in [6, 6.07) is 0.336. The maximum Gasteiger partial charge on any atom is 0.307 e. The molecule has 1 atom stereocenters. The standard InChI is InChI=1S/C15H27NO2/c1-3-18-14(17)12-13(2)16-10-8-15(9-11-16)6-4-5-7-15/h13H,3-12H2,1-2H3. The van der Waals surface area contributed by atoms with Crippen LogP contribution in [0.1, 0.15) is 58.8 Å². The van der Waals surface area contributed by atoms with E-state index in [1.165, 1.54) is 51.6 Å². The molecule has 0 amide bonds. The smallest absolute Gasteiger partial charge is 0.307 e. The number of piperidine rings is 1. The van der Waals surface area contributed by atoms with Gasteiger partial charge in [0.1, 0.15) is 0 Å². The van der Waals surface area contributed by atoms with Crippen LogP contribution in [-0.4, -0.2) is 36.6 Å². The fourth-order valence-corrected chi connectivity index (χ4v) is 3.65. The Bertz CT molecular complexity index is 274. The molecule has 1 saturated heterocycles. The van der Waals surface area contributed by atoms with Crippen LogP contribution in [0.25, 0.3) is 0 Å². The van der Waals surface area contributed by atoms with E-state index in [1.807, 2.05) is 6.92 Å². The van der Waals surface area contributed by atoms with E-state index in [2.05, 4.69) is 11.8 Å². The largest absolute Gasteiger partial charge is 0.466 e. The first-order valence-corrected chi connectivity index (χ1v) is 7.55. The average molecular weight is 253 g/mol. The molecular weight excluding hydrogens is 226 g/mol. The van der Waals surface area contributed by atoms with Crippen LogP contribution in [0.3, 0.4) is 0 Å². The topological polar surface area (TPSA) is 29.5 Å². The highest BCUT2D eigenvalue weighted by Gasteiger charge is 2.37. The number of rotatable bonds is 4. The van der Waals surface area contributed by atoms with Crippen LogP contribution in [0.5, 0.6) is 0 Å². The van der Waals surface area contributed by atoms with Gasteiger partial charge < -0.3 is 9.64 Å². The molecule has 1 saturated carbocycles. The molecule has 0 aromatic rings. The van der Waals surface area contributed by atoms with Crippen molar-refractivity contribution in [3.8, 4) is 0 Å². The van der Waals surface area contributed by atoms with Gasteiger partial charge in [-0.15, -0.1) is 0 Å². The number of nitrogens with zero attached hydrogens (tertiary/aromatic N) is 1. The number of carbonyl (C=O) groups is 1. The van der Waals surface area contributed by atoms with E-state index in [4.69, 9.17) is 4.74 Å². The predicted octanol–water partition coefficient (Wildman–Crippen LogP) is 2.98. The first-order chi connectivity index (χ1) is 8.65. The van der Waals surface area contributed by atoms with E-state index in [9.17, 15) is 4.79 Å². The first kappa shape index (κ1) is 13.9. The van der Waals surface area contributed by atoms with Gasteiger partial charge in [0, 0.05) is 6.04 Å². The fraction of sp³-hybridized carbons (Fsp3) is 0.933. The van der Waals surface area contributed by atoms with Crippen LogP contribution in [0.15, 0.2) is 0 Å². The van der Waals surface area contributed by atoms with Crippen LogP contribution in [-0.2, 0) is 9.53 Å². The zero-order valence-corrected chi connectivity index (χ0v) is 11.9. The molecule has 1 unspecified atom stereocenters. The van der Waals surface area contributed by atoms with E-state index in [0.717, 1.165) is 0 Å². The maximum atomic E-state index is 11.5. The van der Waals surface area contributed by atoms with Gasteiger partial charge in [-0.25, -0.2) is 0 Å². The molecule has 1 heterocycles. The number of hydrogen-bond acceptors (Lipinski definition) is 3. The molecule has 0 N–H and O–H groups in total. The summed E-state index contributed by atoms with van der Waals surface area (Å²) in [5, 5.41) is 0. The Morgan fingerprint density at radius 2 is 1.83 bits per heavy atom. The SMILES string of the molecule is CCOC(=O)CC(C)N1CCC2(CCCC2)CC1. The minimum atomic E-state index is -0.0499. The molecule has 3 nitrogen and oxygen atoms in total. The fourth-order valence-electron chi connectivity index (χ4n) is 3.65. The van der Waals surface area contributed by atoms with Crippen molar-refractivity contribution in [2.45, 2.75) is 64.8 Å². The van der Waals surface area contributed by atoms with Crippen molar-refractivity contribution < 1.29 is 9.53 Å². The molecule has 104 valence electrons. The van der Waals surface area contributed by atoms with Crippen LogP contribution >= 0.6 is 0 Å². The molecule has 1 aliphatic heterocycles. The molecule has 3 heteroatoms. The van der Waals surface area contributed by atoms with Crippen LogP contribution in [0.2, 0.25) is 0 Å². The monoisotopic (exact) mass is 253 g/mol. The van der Waals surface area contributed by atoms with Gasteiger partial charge >= 0.3 is 5.97 Å². The van der Waals surface area contributed by atoms with Crippen LogP contribution in [0, 0.1) is 5.41 Å². The Balaban J connectivity index is 1.76. The number of hydrogen-bond donors (Lipinski definition) is 0. The van der Waals surface area contributed by atoms with Crippen LogP contribution < -0.4 is 0 Å². The third-order valence-electron chi connectivity index (χ3n) is 4.91. The van der Waals surface area contributed by atoms with Gasteiger partial charge in [-0.1, -0.05) is 12.8 Å². The Morgan fingerprint density at radius 3 is 2.39 bits per heavy atom. The highest BCUT2D eigenvalue weighted by atomic mass is 16.5. The second-order valence-corrected chi connectivity index (χ2v) is 6.10. The van der Waals surface area contributed by atoms with Crippen LogP contribution in [0.4, 0.5) is 0 Å². The Hall–Kier alpha value is -0.570. The molecule has 2 rings (SSSR count). The number of carbonyl (C=O) groups excluding carboxylic acids is 1. The van der Waals surface area contributed by atoms with Gasteiger partial charge in [-0.2, -0.15) is 0 Å². The van der Waals surface area contributed by atoms with Gasteiger partial charge in [0.15, 0.2) is 0 Å². The lowest BCUT2D eigenvalue weighted by Gasteiger charge is -2.41. The summed E-state index contributed by atoms with van der Waals surface area (Å²) in [5.74, 6) is -0.0499. The number of likely N-dealkylation sites (tertiary alicyclic amines) is 1. The molecule has 0 aromatic carbocycles. The molecular formula is C15H27NO2. The maximum absolute atomic E-state index is 11.5. The average Bonchev–Trinajstić information content (AvgIpc) is 2.78. The van der Waals surface area contributed by atoms with E-state index >= 15 is 0 Å².